The standard InChI is InChI=1S/C13H17NO2.ClH/c1-15-10-4-2-9-3-5-12-13(11(9)8-10)16-7-6-14-12;/h2,4,8,12-14H,3,5-7H2,1H3;1H/t12-,13-;/m1./s1. The zero-order chi connectivity index (χ0) is 11.0. The van der Waals surface area contributed by atoms with E-state index in [1.807, 2.05) is 6.07 Å². The van der Waals surface area contributed by atoms with Gasteiger partial charge in [-0.2, -0.15) is 0 Å². The van der Waals surface area contributed by atoms with Gasteiger partial charge in [-0.3, -0.25) is 0 Å². The lowest BCUT2D eigenvalue weighted by Crippen LogP contribution is -2.45. The molecule has 3 nitrogen and oxygen atoms in total. The van der Waals surface area contributed by atoms with E-state index >= 15 is 0 Å². The molecule has 0 aromatic heterocycles. The molecule has 94 valence electrons. The summed E-state index contributed by atoms with van der Waals surface area (Å²) in [6.45, 7) is 1.78. The summed E-state index contributed by atoms with van der Waals surface area (Å²) in [7, 11) is 1.71. The van der Waals surface area contributed by atoms with Gasteiger partial charge in [0.2, 0.25) is 0 Å². The minimum Gasteiger partial charge on any atom is -0.497 e. The summed E-state index contributed by atoms with van der Waals surface area (Å²) in [6, 6.07) is 6.81. The highest BCUT2D eigenvalue weighted by Crippen LogP contribution is 2.36. The largest absolute Gasteiger partial charge is 0.497 e. The van der Waals surface area contributed by atoms with E-state index in [9.17, 15) is 0 Å². The molecule has 0 amide bonds. The third-order valence-corrected chi connectivity index (χ3v) is 3.56. The number of hydrogen-bond donors (Lipinski definition) is 1. The van der Waals surface area contributed by atoms with E-state index in [0.29, 0.717) is 6.04 Å². The van der Waals surface area contributed by atoms with Gasteiger partial charge in [-0.05, 0) is 36.1 Å². The maximum Gasteiger partial charge on any atom is 0.119 e. The predicted molar refractivity (Wildman–Crippen MR) is 69.0 cm³/mol. The molecule has 1 heterocycles. The molecule has 2 aliphatic rings. The van der Waals surface area contributed by atoms with Gasteiger partial charge in [0.25, 0.3) is 0 Å². The molecule has 1 fully saturated rings. The van der Waals surface area contributed by atoms with Crippen LogP contribution in [0.3, 0.4) is 0 Å². The predicted octanol–water partition coefficient (Wildman–Crippen LogP) is 2.09. The zero-order valence-electron chi connectivity index (χ0n) is 9.94. The third kappa shape index (κ3) is 2.28. The van der Waals surface area contributed by atoms with Gasteiger partial charge >= 0.3 is 0 Å². The van der Waals surface area contributed by atoms with E-state index in [4.69, 9.17) is 9.47 Å². The van der Waals surface area contributed by atoms with Crippen LogP contribution in [-0.4, -0.2) is 26.3 Å². The summed E-state index contributed by atoms with van der Waals surface area (Å²) >= 11 is 0. The van der Waals surface area contributed by atoms with Gasteiger partial charge in [0.05, 0.1) is 19.8 Å². The highest BCUT2D eigenvalue weighted by atomic mass is 35.5. The van der Waals surface area contributed by atoms with Gasteiger partial charge < -0.3 is 14.8 Å². The number of benzene rings is 1. The lowest BCUT2D eigenvalue weighted by atomic mass is 9.85. The molecule has 1 aliphatic carbocycles. The van der Waals surface area contributed by atoms with Crippen molar-refractivity contribution in [3.63, 3.8) is 0 Å². The van der Waals surface area contributed by atoms with Crippen LogP contribution in [-0.2, 0) is 11.2 Å². The van der Waals surface area contributed by atoms with Crippen molar-refractivity contribution < 1.29 is 9.47 Å². The normalized spacial score (nSPS) is 26.4. The topological polar surface area (TPSA) is 30.5 Å². The van der Waals surface area contributed by atoms with E-state index in [2.05, 4.69) is 17.4 Å². The first-order valence-electron chi connectivity index (χ1n) is 5.90. The molecular weight excluding hydrogens is 238 g/mol. The van der Waals surface area contributed by atoms with Crippen molar-refractivity contribution in [2.45, 2.75) is 25.0 Å². The molecule has 1 aromatic carbocycles. The van der Waals surface area contributed by atoms with Crippen molar-refractivity contribution >= 4 is 12.4 Å². The van der Waals surface area contributed by atoms with Crippen LogP contribution in [0, 0.1) is 0 Å². The van der Waals surface area contributed by atoms with Crippen molar-refractivity contribution in [2.75, 3.05) is 20.3 Å². The fourth-order valence-electron chi connectivity index (χ4n) is 2.72. The Bertz CT molecular complexity index is 397. The monoisotopic (exact) mass is 255 g/mol. The second-order valence-electron chi connectivity index (χ2n) is 4.46. The van der Waals surface area contributed by atoms with Gasteiger partial charge in [-0.1, -0.05) is 6.07 Å². The molecular formula is C13H18ClNO2. The number of hydrogen-bond acceptors (Lipinski definition) is 3. The molecule has 17 heavy (non-hydrogen) atoms. The Morgan fingerprint density at radius 1 is 1.41 bits per heavy atom. The van der Waals surface area contributed by atoms with Gasteiger partial charge in [0.15, 0.2) is 0 Å². The summed E-state index contributed by atoms with van der Waals surface area (Å²) in [4.78, 5) is 0. The Hall–Kier alpha value is -0.770. The molecule has 2 atom stereocenters. The van der Waals surface area contributed by atoms with Crippen molar-refractivity contribution in [1.82, 2.24) is 5.32 Å². The van der Waals surface area contributed by atoms with Crippen molar-refractivity contribution in [3.8, 4) is 5.75 Å². The van der Waals surface area contributed by atoms with Gasteiger partial charge in [-0.25, -0.2) is 0 Å². The van der Waals surface area contributed by atoms with E-state index < -0.39 is 0 Å². The Balaban J connectivity index is 0.00000108. The molecule has 0 spiro atoms. The molecule has 3 rings (SSSR count). The number of morpholine rings is 1. The molecule has 1 saturated heterocycles. The lowest BCUT2D eigenvalue weighted by Gasteiger charge is -2.37. The SMILES string of the molecule is COc1ccc2c(c1)[C@H]1OCCN[C@@H]1CC2.Cl. The highest BCUT2D eigenvalue weighted by Gasteiger charge is 2.32. The van der Waals surface area contributed by atoms with E-state index in [0.717, 1.165) is 25.3 Å². The Labute approximate surface area is 108 Å². The average molecular weight is 256 g/mol. The van der Waals surface area contributed by atoms with Crippen molar-refractivity contribution in [2.24, 2.45) is 0 Å². The van der Waals surface area contributed by atoms with Crippen LogP contribution in [0.15, 0.2) is 18.2 Å². The number of fused-ring (bicyclic) bond motifs is 3. The van der Waals surface area contributed by atoms with E-state index in [-0.39, 0.29) is 18.5 Å². The summed E-state index contributed by atoms with van der Waals surface area (Å²) < 4.78 is 11.2. The fourth-order valence-corrected chi connectivity index (χ4v) is 2.72. The van der Waals surface area contributed by atoms with Crippen molar-refractivity contribution in [1.29, 1.82) is 0 Å². The minimum absolute atomic E-state index is 0. The molecule has 0 bridgehead atoms. The number of ether oxygens (including phenoxy) is 2. The summed E-state index contributed by atoms with van der Waals surface area (Å²) in [6.07, 6.45) is 2.52. The molecule has 1 aliphatic heterocycles. The molecule has 1 aromatic rings. The Morgan fingerprint density at radius 2 is 2.29 bits per heavy atom. The second kappa shape index (κ2) is 5.25. The molecule has 0 saturated carbocycles. The van der Waals surface area contributed by atoms with Crippen LogP contribution in [0.25, 0.3) is 0 Å². The fraction of sp³-hybridized carbons (Fsp3) is 0.538. The Kier molecular flexibility index (Phi) is 3.92. The van der Waals surface area contributed by atoms with Gasteiger partial charge in [0.1, 0.15) is 5.75 Å². The number of halogens is 1. The van der Waals surface area contributed by atoms with E-state index in [1.165, 1.54) is 17.5 Å². The Morgan fingerprint density at radius 3 is 3.12 bits per heavy atom. The number of methoxy groups -OCH3 is 1. The van der Waals surface area contributed by atoms with Gasteiger partial charge in [0, 0.05) is 12.6 Å². The van der Waals surface area contributed by atoms with Crippen LogP contribution >= 0.6 is 12.4 Å². The highest BCUT2D eigenvalue weighted by molar-refractivity contribution is 5.85. The maximum atomic E-state index is 5.89. The number of rotatable bonds is 1. The quantitative estimate of drug-likeness (QED) is 0.834. The van der Waals surface area contributed by atoms with Crippen LogP contribution < -0.4 is 10.1 Å². The summed E-state index contributed by atoms with van der Waals surface area (Å²) in [5.74, 6) is 0.925. The first kappa shape index (κ1) is 12.7. The maximum absolute atomic E-state index is 5.89. The first-order valence-corrected chi connectivity index (χ1v) is 5.90. The zero-order valence-corrected chi connectivity index (χ0v) is 10.8. The smallest absolute Gasteiger partial charge is 0.119 e. The lowest BCUT2D eigenvalue weighted by molar-refractivity contribution is -0.0128. The molecule has 0 radical (unpaired) electrons. The molecule has 4 heteroatoms. The first-order chi connectivity index (χ1) is 7.88. The number of aryl methyl sites for hydroxylation is 1. The average Bonchev–Trinajstić information content (AvgIpc) is 2.38. The van der Waals surface area contributed by atoms with Crippen LogP contribution in [0.5, 0.6) is 5.75 Å². The van der Waals surface area contributed by atoms with Crippen molar-refractivity contribution in [3.05, 3.63) is 29.3 Å². The number of nitrogens with one attached hydrogen (secondary N) is 1. The second-order valence-corrected chi connectivity index (χ2v) is 4.46. The third-order valence-electron chi connectivity index (χ3n) is 3.56. The minimum atomic E-state index is 0. The van der Waals surface area contributed by atoms with Crippen LogP contribution in [0.1, 0.15) is 23.7 Å². The summed E-state index contributed by atoms with van der Waals surface area (Å²) in [5.41, 5.74) is 2.72. The van der Waals surface area contributed by atoms with Crippen LogP contribution in [0.2, 0.25) is 0 Å². The summed E-state index contributed by atoms with van der Waals surface area (Å²) in [5, 5.41) is 3.53. The molecule has 0 unspecified atom stereocenters. The van der Waals surface area contributed by atoms with Gasteiger partial charge in [-0.15, -0.1) is 12.4 Å². The molecule has 1 N–H and O–H groups in total. The van der Waals surface area contributed by atoms with E-state index in [1.54, 1.807) is 7.11 Å². The van der Waals surface area contributed by atoms with Crippen LogP contribution in [0.4, 0.5) is 0 Å².